The molecule has 0 atom stereocenters. The van der Waals surface area contributed by atoms with E-state index in [9.17, 15) is 0 Å². The Hall–Kier alpha value is -2.20. The number of oxazole rings is 1. The molecule has 0 unspecified atom stereocenters. The van der Waals surface area contributed by atoms with E-state index in [2.05, 4.69) is 41.2 Å². The molecule has 0 radical (unpaired) electrons. The number of hydrogen-bond acceptors (Lipinski definition) is 4. The van der Waals surface area contributed by atoms with E-state index in [1.54, 1.807) is 0 Å². The number of aryl methyl sites for hydroxylation is 1. The fourth-order valence-corrected chi connectivity index (χ4v) is 2.17. The lowest BCUT2D eigenvalue weighted by Gasteiger charge is -2.01. The van der Waals surface area contributed by atoms with Crippen LogP contribution in [0.1, 0.15) is 18.4 Å². The Kier molecular flexibility index (Phi) is 3.48. The first-order valence-corrected chi connectivity index (χ1v) is 6.86. The third-order valence-corrected chi connectivity index (χ3v) is 3.31. The Bertz CT molecular complexity index is 716. The molecule has 0 bridgehead atoms. The first kappa shape index (κ1) is 12.8. The van der Waals surface area contributed by atoms with Crippen LogP contribution < -0.4 is 5.73 Å². The predicted octanol–water partition coefficient (Wildman–Crippen LogP) is 2.95. The molecule has 0 aliphatic heterocycles. The summed E-state index contributed by atoms with van der Waals surface area (Å²) in [5.41, 5.74) is 10.2. The van der Waals surface area contributed by atoms with Gasteiger partial charge in [-0.15, -0.1) is 0 Å². The lowest BCUT2D eigenvalue weighted by molar-refractivity contribution is 0.531. The van der Waals surface area contributed by atoms with Crippen molar-refractivity contribution in [2.45, 2.75) is 19.8 Å². The molecule has 0 saturated heterocycles. The normalized spacial score (nSPS) is 11.1. The van der Waals surface area contributed by atoms with Gasteiger partial charge < -0.3 is 10.2 Å². The largest absolute Gasteiger partial charge is 0.439 e. The smallest absolute Gasteiger partial charge is 0.199 e. The number of nitrogens with zero attached hydrogens (tertiary/aromatic N) is 2. The van der Waals surface area contributed by atoms with Crippen LogP contribution in [-0.4, -0.2) is 16.5 Å². The Balaban J connectivity index is 1.98. The number of fused-ring (bicyclic) bond motifs is 1. The molecule has 3 rings (SSSR count). The zero-order valence-corrected chi connectivity index (χ0v) is 11.5. The molecule has 4 nitrogen and oxygen atoms in total. The first-order chi connectivity index (χ1) is 9.80. The van der Waals surface area contributed by atoms with Crippen LogP contribution in [-0.2, 0) is 12.8 Å². The van der Waals surface area contributed by atoms with Gasteiger partial charge in [0.05, 0.1) is 5.69 Å². The SMILES string of the molecule is CCc1ccc(-c2ccc3oc(CCN)nc3n2)cc1. The molecule has 1 aromatic carbocycles. The standard InChI is InChI=1S/C16H17N3O/c1-2-11-3-5-12(6-4-11)13-7-8-14-16(18-13)19-15(20-14)9-10-17/h3-8H,2,9-10,17H2,1H3. The van der Waals surface area contributed by atoms with E-state index in [0.29, 0.717) is 30.1 Å². The van der Waals surface area contributed by atoms with Crippen LogP contribution >= 0.6 is 0 Å². The second-order valence-corrected chi connectivity index (χ2v) is 4.71. The molecule has 0 aliphatic carbocycles. The Morgan fingerprint density at radius 1 is 1.05 bits per heavy atom. The van der Waals surface area contributed by atoms with Crippen molar-refractivity contribution in [2.24, 2.45) is 5.73 Å². The number of pyridine rings is 1. The van der Waals surface area contributed by atoms with Crippen molar-refractivity contribution in [2.75, 3.05) is 6.54 Å². The zero-order valence-electron chi connectivity index (χ0n) is 11.5. The maximum absolute atomic E-state index is 5.58. The van der Waals surface area contributed by atoms with Gasteiger partial charge in [0.15, 0.2) is 17.1 Å². The van der Waals surface area contributed by atoms with Gasteiger partial charge in [-0.3, -0.25) is 0 Å². The molecule has 3 aromatic rings. The van der Waals surface area contributed by atoms with Crippen molar-refractivity contribution in [3.05, 3.63) is 47.9 Å². The summed E-state index contributed by atoms with van der Waals surface area (Å²) in [4.78, 5) is 8.92. The summed E-state index contributed by atoms with van der Waals surface area (Å²) in [6.45, 7) is 2.67. The zero-order chi connectivity index (χ0) is 13.9. The maximum Gasteiger partial charge on any atom is 0.199 e. The van der Waals surface area contributed by atoms with E-state index in [1.165, 1.54) is 5.56 Å². The van der Waals surface area contributed by atoms with Gasteiger partial charge in [0.2, 0.25) is 0 Å². The maximum atomic E-state index is 5.58. The van der Waals surface area contributed by atoms with Crippen molar-refractivity contribution in [3.8, 4) is 11.3 Å². The monoisotopic (exact) mass is 267 g/mol. The van der Waals surface area contributed by atoms with Crippen LogP contribution in [0.5, 0.6) is 0 Å². The fraction of sp³-hybridized carbons (Fsp3) is 0.250. The van der Waals surface area contributed by atoms with Crippen molar-refractivity contribution >= 4 is 11.2 Å². The van der Waals surface area contributed by atoms with Crippen LogP contribution in [0.15, 0.2) is 40.8 Å². The van der Waals surface area contributed by atoms with Crippen molar-refractivity contribution in [1.29, 1.82) is 0 Å². The Labute approximate surface area is 117 Å². The molecule has 0 fully saturated rings. The second-order valence-electron chi connectivity index (χ2n) is 4.71. The van der Waals surface area contributed by atoms with Gasteiger partial charge >= 0.3 is 0 Å². The summed E-state index contributed by atoms with van der Waals surface area (Å²) in [7, 11) is 0. The molecule has 0 saturated carbocycles. The van der Waals surface area contributed by atoms with E-state index in [-0.39, 0.29) is 0 Å². The highest BCUT2D eigenvalue weighted by Gasteiger charge is 2.08. The lowest BCUT2D eigenvalue weighted by Crippen LogP contribution is -2.02. The Morgan fingerprint density at radius 2 is 1.85 bits per heavy atom. The van der Waals surface area contributed by atoms with Crippen LogP contribution in [0.3, 0.4) is 0 Å². The van der Waals surface area contributed by atoms with Crippen molar-refractivity contribution < 1.29 is 4.42 Å². The topological polar surface area (TPSA) is 64.9 Å². The summed E-state index contributed by atoms with van der Waals surface area (Å²) in [6, 6.07) is 12.3. The van der Waals surface area contributed by atoms with Gasteiger partial charge in [-0.2, -0.15) is 4.98 Å². The summed E-state index contributed by atoms with van der Waals surface area (Å²) in [6.07, 6.45) is 1.68. The average molecular weight is 267 g/mol. The molecule has 2 aromatic heterocycles. The quantitative estimate of drug-likeness (QED) is 0.789. The van der Waals surface area contributed by atoms with Crippen LogP contribution in [0.25, 0.3) is 22.5 Å². The summed E-state index contributed by atoms with van der Waals surface area (Å²) < 4.78 is 5.58. The Morgan fingerprint density at radius 3 is 2.55 bits per heavy atom. The summed E-state index contributed by atoms with van der Waals surface area (Å²) in [5, 5.41) is 0. The van der Waals surface area contributed by atoms with E-state index in [1.807, 2.05) is 12.1 Å². The van der Waals surface area contributed by atoms with Gasteiger partial charge in [-0.25, -0.2) is 4.98 Å². The molecule has 2 N–H and O–H groups in total. The van der Waals surface area contributed by atoms with E-state index in [4.69, 9.17) is 10.2 Å². The van der Waals surface area contributed by atoms with E-state index < -0.39 is 0 Å². The molecule has 2 heterocycles. The van der Waals surface area contributed by atoms with E-state index >= 15 is 0 Å². The molecular formula is C16H17N3O. The average Bonchev–Trinajstić information content (AvgIpc) is 2.89. The molecule has 4 heteroatoms. The summed E-state index contributed by atoms with van der Waals surface area (Å²) in [5.74, 6) is 0.647. The van der Waals surface area contributed by atoms with Crippen LogP contribution in [0.2, 0.25) is 0 Å². The van der Waals surface area contributed by atoms with Gasteiger partial charge in [0.25, 0.3) is 0 Å². The minimum Gasteiger partial charge on any atom is -0.439 e. The van der Waals surface area contributed by atoms with Gasteiger partial charge in [0, 0.05) is 18.5 Å². The minimum atomic E-state index is 0.526. The second kappa shape index (κ2) is 5.43. The third-order valence-electron chi connectivity index (χ3n) is 3.31. The lowest BCUT2D eigenvalue weighted by atomic mass is 10.1. The van der Waals surface area contributed by atoms with E-state index in [0.717, 1.165) is 17.7 Å². The van der Waals surface area contributed by atoms with Gasteiger partial charge in [-0.1, -0.05) is 31.2 Å². The molecule has 0 spiro atoms. The highest BCUT2D eigenvalue weighted by Crippen LogP contribution is 2.22. The molecule has 0 aliphatic rings. The van der Waals surface area contributed by atoms with Crippen LogP contribution in [0, 0.1) is 0 Å². The van der Waals surface area contributed by atoms with Gasteiger partial charge in [0.1, 0.15) is 0 Å². The van der Waals surface area contributed by atoms with Gasteiger partial charge in [-0.05, 0) is 24.1 Å². The molecule has 20 heavy (non-hydrogen) atoms. The molecule has 102 valence electrons. The van der Waals surface area contributed by atoms with Crippen LogP contribution in [0.4, 0.5) is 0 Å². The number of benzene rings is 1. The number of hydrogen-bond donors (Lipinski definition) is 1. The highest BCUT2D eigenvalue weighted by molar-refractivity contribution is 5.73. The number of rotatable bonds is 4. The third kappa shape index (κ3) is 2.42. The minimum absolute atomic E-state index is 0.526. The number of aromatic nitrogens is 2. The highest BCUT2D eigenvalue weighted by atomic mass is 16.3. The molecular weight excluding hydrogens is 250 g/mol. The van der Waals surface area contributed by atoms with Crippen molar-refractivity contribution in [3.63, 3.8) is 0 Å². The number of nitrogens with two attached hydrogens (primary N) is 1. The predicted molar refractivity (Wildman–Crippen MR) is 79.4 cm³/mol. The first-order valence-electron chi connectivity index (χ1n) is 6.86. The summed E-state index contributed by atoms with van der Waals surface area (Å²) >= 11 is 0. The fourth-order valence-electron chi connectivity index (χ4n) is 2.17. The van der Waals surface area contributed by atoms with Crippen molar-refractivity contribution in [1.82, 2.24) is 9.97 Å². The molecule has 0 amide bonds.